The third-order valence-electron chi connectivity index (χ3n) is 2.91. The van der Waals surface area contributed by atoms with Crippen LogP contribution in [-0.4, -0.2) is 23.6 Å². The van der Waals surface area contributed by atoms with E-state index in [1.807, 2.05) is 0 Å². The van der Waals surface area contributed by atoms with Crippen molar-refractivity contribution in [1.82, 2.24) is 0 Å². The van der Waals surface area contributed by atoms with Crippen LogP contribution in [0.1, 0.15) is 11.7 Å². The molecule has 1 amide bonds. The fourth-order valence-electron chi connectivity index (χ4n) is 1.77. The Morgan fingerprint density at radius 3 is 2.48 bits per heavy atom. The van der Waals surface area contributed by atoms with E-state index in [0.29, 0.717) is 16.3 Å². The Bertz CT molecular complexity index is 706. The van der Waals surface area contributed by atoms with Crippen LogP contribution in [0.15, 0.2) is 48.5 Å². The van der Waals surface area contributed by atoms with Gasteiger partial charge in [0.25, 0.3) is 5.91 Å². The summed E-state index contributed by atoms with van der Waals surface area (Å²) in [5, 5.41) is 12.8. The zero-order valence-electron chi connectivity index (χ0n) is 11.8. The third-order valence-corrected chi connectivity index (χ3v) is 3.73. The molecule has 0 spiro atoms. The van der Waals surface area contributed by atoms with E-state index in [2.05, 4.69) is 5.32 Å². The quantitative estimate of drug-likeness (QED) is 0.809. The highest BCUT2D eigenvalue weighted by Gasteiger charge is 2.20. The molecule has 0 aliphatic heterocycles. The first-order chi connectivity index (χ1) is 11.0. The number of hydrogen-bond acceptors (Lipinski definition) is 4. The summed E-state index contributed by atoms with van der Waals surface area (Å²) in [4.78, 5) is 23.5. The summed E-state index contributed by atoms with van der Waals surface area (Å²) in [6, 6.07) is 13.0. The molecular weight excluding hydrogens is 341 g/mol. The van der Waals surface area contributed by atoms with Crippen molar-refractivity contribution in [2.24, 2.45) is 0 Å². The van der Waals surface area contributed by atoms with Gasteiger partial charge in [-0.1, -0.05) is 59.6 Å². The molecule has 0 aliphatic carbocycles. The summed E-state index contributed by atoms with van der Waals surface area (Å²) in [5.74, 6) is -1.51. The molecule has 0 aliphatic rings. The van der Waals surface area contributed by atoms with Crippen molar-refractivity contribution in [2.45, 2.75) is 6.10 Å². The van der Waals surface area contributed by atoms with Gasteiger partial charge < -0.3 is 15.2 Å². The van der Waals surface area contributed by atoms with Crippen molar-refractivity contribution >= 4 is 40.8 Å². The lowest BCUT2D eigenvalue weighted by Gasteiger charge is -2.11. The lowest BCUT2D eigenvalue weighted by atomic mass is 10.1. The van der Waals surface area contributed by atoms with Gasteiger partial charge in [0.15, 0.2) is 12.7 Å². The van der Waals surface area contributed by atoms with Crippen LogP contribution in [0, 0.1) is 0 Å². The van der Waals surface area contributed by atoms with Crippen molar-refractivity contribution in [1.29, 1.82) is 0 Å². The third kappa shape index (κ3) is 4.69. The summed E-state index contributed by atoms with van der Waals surface area (Å²) in [6.45, 7) is -0.550. The van der Waals surface area contributed by atoms with Gasteiger partial charge in [-0.3, -0.25) is 4.79 Å². The molecule has 2 rings (SSSR count). The van der Waals surface area contributed by atoms with Gasteiger partial charge in [-0.15, -0.1) is 0 Å². The zero-order chi connectivity index (χ0) is 16.8. The van der Waals surface area contributed by atoms with Crippen molar-refractivity contribution in [2.75, 3.05) is 11.9 Å². The lowest BCUT2D eigenvalue weighted by Crippen LogP contribution is -2.24. The predicted octanol–water partition coefficient (Wildman–Crippen LogP) is 3.21. The topological polar surface area (TPSA) is 75.6 Å². The van der Waals surface area contributed by atoms with E-state index < -0.39 is 24.6 Å². The maximum atomic E-state index is 11.8. The normalized spacial score (nSPS) is 11.6. The molecule has 2 aromatic carbocycles. The molecule has 0 radical (unpaired) electrons. The Kier molecular flexibility index (Phi) is 5.98. The van der Waals surface area contributed by atoms with Gasteiger partial charge in [-0.2, -0.15) is 0 Å². The van der Waals surface area contributed by atoms with E-state index >= 15 is 0 Å². The maximum absolute atomic E-state index is 11.8. The van der Waals surface area contributed by atoms with Crippen LogP contribution < -0.4 is 5.32 Å². The zero-order valence-corrected chi connectivity index (χ0v) is 13.3. The minimum absolute atomic E-state index is 0.193. The number of amides is 1. The van der Waals surface area contributed by atoms with Gasteiger partial charge >= 0.3 is 5.97 Å². The van der Waals surface area contributed by atoms with Crippen molar-refractivity contribution in [3.05, 3.63) is 64.1 Å². The fourth-order valence-corrected chi connectivity index (χ4v) is 2.12. The van der Waals surface area contributed by atoms with Crippen LogP contribution in [0.4, 0.5) is 5.69 Å². The molecule has 2 aromatic rings. The predicted molar refractivity (Wildman–Crippen MR) is 87.5 cm³/mol. The summed E-state index contributed by atoms with van der Waals surface area (Å²) in [6.07, 6.45) is -1.45. The van der Waals surface area contributed by atoms with Crippen LogP contribution in [0.3, 0.4) is 0 Å². The lowest BCUT2D eigenvalue weighted by molar-refractivity contribution is -0.156. The minimum atomic E-state index is -1.45. The fraction of sp³-hybridized carbons (Fsp3) is 0.125. The molecular formula is C16H13Cl2NO4. The number of aliphatic hydroxyl groups excluding tert-OH is 1. The Morgan fingerprint density at radius 1 is 1.09 bits per heavy atom. The number of halogens is 2. The summed E-state index contributed by atoms with van der Waals surface area (Å²) in [5.41, 5.74) is 0.694. The van der Waals surface area contributed by atoms with Gasteiger partial charge in [0.2, 0.25) is 0 Å². The smallest absolute Gasteiger partial charge is 0.340 e. The first-order valence-electron chi connectivity index (χ1n) is 6.62. The standard InChI is InChI=1S/C16H13Cl2NO4/c17-11-7-4-8-12(14(11)18)19-13(20)9-23-16(22)15(21)10-5-2-1-3-6-10/h1-8,15,21H,9H2,(H,19,20)/t15-/m0/s1. The molecule has 23 heavy (non-hydrogen) atoms. The number of anilines is 1. The van der Waals surface area contributed by atoms with Gasteiger partial charge in [-0.25, -0.2) is 4.79 Å². The molecule has 0 fully saturated rings. The first kappa shape index (κ1) is 17.3. The summed E-state index contributed by atoms with van der Waals surface area (Å²) in [7, 11) is 0. The molecule has 120 valence electrons. The van der Waals surface area contributed by atoms with E-state index in [1.54, 1.807) is 48.5 Å². The van der Waals surface area contributed by atoms with Gasteiger partial charge in [0.05, 0.1) is 15.7 Å². The number of hydrogen-bond donors (Lipinski definition) is 2. The first-order valence-corrected chi connectivity index (χ1v) is 7.38. The molecule has 0 saturated carbocycles. The molecule has 0 unspecified atom stereocenters. The average Bonchev–Trinajstić information content (AvgIpc) is 2.57. The maximum Gasteiger partial charge on any atom is 0.340 e. The molecule has 7 heteroatoms. The number of carbonyl (C=O) groups is 2. The monoisotopic (exact) mass is 353 g/mol. The van der Waals surface area contributed by atoms with E-state index in [-0.39, 0.29) is 5.02 Å². The largest absolute Gasteiger partial charge is 0.453 e. The van der Waals surface area contributed by atoms with Gasteiger partial charge in [-0.05, 0) is 17.7 Å². The van der Waals surface area contributed by atoms with E-state index in [0.717, 1.165) is 0 Å². The number of esters is 1. The van der Waals surface area contributed by atoms with Crippen molar-refractivity contribution < 1.29 is 19.4 Å². The minimum Gasteiger partial charge on any atom is -0.453 e. The second kappa shape index (κ2) is 7.97. The molecule has 0 bridgehead atoms. The summed E-state index contributed by atoms with van der Waals surface area (Å²) < 4.78 is 4.79. The highest BCUT2D eigenvalue weighted by atomic mass is 35.5. The Balaban J connectivity index is 1.89. The van der Waals surface area contributed by atoms with E-state index in [1.165, 1.54) is 0 Å². The summed E-state index contributed by atoms with van der Waals surface area (Å²) >= 11 is 11.8. The molecule has 2 N–H and O–H groups in total. The number of ether oxygens (including phenoxy) is 1. The number of carbonyl (C=O) groups excluding carboxylic acids is 2. The molecule has 0 aromatic heterocycles. The van der Waals surface area contributed by atoms with Gasteiger partial charge in [0, 0.05) is 0 Å². The second-order valence-electron chi connectivity index (χ2n) is 4.57. The van der Waals surface area contributed by atoms with Gasteiger partial charge in [0.1, 0.15) is 0 Å². The van der Waals surface area contributed by atoms with Crippen LogP contribution in [0.2, 0.25) is 10.0 Å². The second-order valence-corrected chi connectivity index (χ2v) is 5.36. The number of nitrogens with one attached hydrogen (secondary N) is 1. The Morgan fingerprint density at radius 2 is 1.78 bits per heavy atom. The van der Waals surface area contributed by atoms with Crippen molar-refractivity contribution in [3.63, 3.8) is 0 Å². The van der Waals surface area contributed by atoms with E-state index in [9.17, 15) is 14.7 Å². The molecule has 1 atom stereocenters. The Labute approximate surface area is 142 Å². The van der Waals surface area contributed by atoms with Crippen LogP contribution in [0.25, 0.3) is 0 Å². The number of rotatable bonds is 5. The van der Waals surface area contributed by atoms with Crippen LogP contribution in [-0.2, 0) is 14.3 Å². The molecule has 0 saturated heterocycles. The SMILES string of the molecule is O=C(COC(=O)[C@@H](O)c1ccccc1)Nc1cccc(Cl)c1Cl. The Hall–Kier alpha value is -2.08. The molecule has 5 nitrogen and oxygen atoms in total. The number of benzene rings is 2. The van der Waals surface area contributed by atoms with Crippen molar-refractivity contribution in [3.8, 4) is 0 Å². The van der Waals surface area contributed by atoms with Crippen LogP contribution in [0.5, 0.6) is 0 Å². The highest BCUT2D eigenvalue weighted by Crippen LogP contribution is 2.29. The highest BCUT2D eigenvalue weighted by molar-refractivity contribution is 6.44. The number of aliphatic hydroxyl groups is 1. The van der Waals surface area contributed by atoms with E-state index in [4.69, 9.17) is 27.9 Å². The molecule has 0 heterocycles. The average molecular weight is 354 g/mol. The van der Waals surface area contributed by atoms with Crippen LogP contribution >= 0.6 is 23.2 Å².